The van der Waals surface area contributed by atoms with Crippen LogP contribution in [0.25, 0.3) is 11.3 Å². The molecule has 0 amide bonds. The fourth-order valence-electron chi connectivity index (χ4n) is 1.38. The third kappa shape index (κ3) is 1.75. The molecule has 2 aromatic rings. The Morgan fingerprint density at radius 1 is 1.25 bits per heavy atom. The summed E-state index contributed by atoms with van der Waals surface area (Å²) in [5.41, 5.74) is 7.19. The summed E-state index contributed by atoms with van der Waals surface area (Å²) in [5, 5.41) is 17.4. The highest BCUT2D eigenvalue weighted by Crippen LogP contribution is 2.29. The van der Waals surface area contributed by atoms with Gasteiger partial charge in [-0.25, -0.2) is 0 Å². The minimum Gasteiger partial charge on any atom is -0.507 e. The number of hydrogen-bond acceptors (Lipinski definition) is 5. The molecule has 3 N–H and O–H groups in total. The Balaban J connectivity index is 2.50. The second kappa shape index (κ2) is 4.06. The first kappa shape index (κ1) is 10.2. The average molecular weight is 217 g/mol. The Bertz CT molecular complexity index is 514. The summed E-state index contributed by atoms with van der Waals surface area (Å²) in [6.07, 6.45) is 0. The number of aromatic nitrogens is 2. The number of nitrogens with zero attached hydrogens (tertiary/aromatic N) is 2. The van der Waals surface area contributed by atoms with Gasteiger partial charge in [0.25, 0.3) is 5.88 Å². The highest BCUT2D eigenvalue weighted by Gasteiger charge is 2.08. The first-order chi connectivity index (χ1) is 7.72. The van der Waals surface area contributed by atoms with Crippen molar-refractivity contribution >= 4 is 5.69 Å². The number of nitrogen functional groups attached to an aromatic ring is 1. The number of rotatable bonds is 2. The molecule has 0 atom stereocenters. The number of aromatic hydroxyl groups is 1. The minimum absolute atomic E-state index is 0.140. The molecule has 0 aliphatic heterocycles. The maximum Gasteiger partial charge on any atom is 0.256 e. The van der Waals surface area contributed by atoms with Gasteiger partial charge in [0.2, 0.25) is 0 Å². The molecule has 5 heteroatoms. The molecule has 1 aromatic heterocycles. The van der Waals surface area contributed by atoms with Gasteiger partial charge >= 0.3 is 0 Å². The standard InChI is InChI=1S/C11H11N3O2/c1-16-11-8(12)6-9(13-14-11)7-4-2-3-5-10(7)15/h2-6,15H,1H3,(H2,12,13). The molecule has 0 fully saturated rings. The average Bonchev–Trinajstić information content (AvgIpc) is 2.29. The van der Waals surface area contributed by atoms with Gasteiger partial charge in [-0.2, -0.15) is 0 Å². The van der Waals surface area contributed by atoms with Crippen LogP contribution in [-0.2, 0) is 0 Å². The van der Waals surface area contributed by atoms with Crippen LogP contribution in [0, 0.1) is 0 Å². The molecule has 0 aliphatic carbocycles. The number of phenols is 1. The Kier molecular flexibility index (Phi) is 2.59. The normalized spacial score (nSPS) is 10.1. The quantitative estimate of drug-likeness (QED) is 0.795. The molecule has 0 aliphatic rings. The van der Waals surface area contributed by atoms with Gasteiger partial charge in [-0.3, -0.25) is 0 Å². The summed E-state index contributed by atoms with van der Waals surface area (Å²) in [6, 6.07) is 8.47. The summed E-state index contributed by atoms with van der Waals surface area (Å²) in [7, 11) is 1.47. The predicted molar refractivity (Wildman–Crippen MR) is 60.1 cm³/mol. The van der Waals surface area contributed by atoms with E-state index in [9.17, 15) is 5.11 Å². The SMILES string of the molecule is COc1nnc(-c2ccccc2O)cc1N. The first-order valence-corrected chi connectivity index (χ1v) is 4.68. The van der Waals surface area contributed by atoms with E-state index < -0.39 is 0 Å². The Morgan fingerprint density at radius 2 is 2.00 bits per heavy atom. The highest BCUT2D eigenvalue weighted by molar-refractivity contribution is 5.69. The molecule has 0 bridgehead atoms. The van der Waals surface area contributed by atoms with Crippen molar-refractivity contribution in [3.05, 3.63) is 30.3 Å². The minimum atomic E-state index is 0.140. The van der Waals surface area contributed by atoms with Crippen LogP contribution in [0.5, 0.6) is 11.6 Å². The monoisotopic (exact) mass is 217 g/mol. The Labute approximate surface area is 92.5 Å². The van der Waals surface area contributed by atoms with E-state index in [4.69, 9.17) is 10.5 Å². The van der Waals surface area contributed by atoms with Gasteiger partial charge in [0, 0.05) is 5.56 Å². The van der Waals surface area contributed by atoms with E-state index >= 15 is 0 Å². The van der Waals surface area contributed by atoms with E-state index in [1.54, 1.807) is 30.3 Å². The van der Waals surface area contributed by atoms with Crippen LogP contribution in [0.2, 0.25) is 0 Å². The first-order valence-electron chi connectivity index (χ1n) is 4.68. The maximum absolute atomic E-state index is 9.64. The third-order valence-electron chi connectivity index (χ3n) is 2.16. The van der Waals surface area contributed by atoms with Crippen molar-refractivity contribution in [1.29, 1.82) is 0 Å². The summed E-state index contributed by atoms with van der Waals surface area (Å²) >= 11 is 0. The second-order valence-electron chi connectivity index (χ2n) is 3.21. The van der Waals surface area contributed by atoms with Crippen LogP contribution >= 0.6 is 0 Å². The van der Waals surface area contributed by atoms with Crippen molar-refractivity contribution in [3.8, 4) is 22.9 Å². The number of para-hydroxylation sites is 1. The van der Waals surface area contributed by atoms with Gasteiger partial charge < -0.3 is 15.6 Å². The Hall–Kier alpha value is -2.30. The lowest BCUT2D eigenvalue weighted by Crippen LogP contribution is -1.98. The zero-order chi connectivity index (χ0) is 11.5. The predicted octanol–water partition coefficient (Wildman–Crippen LogP) is 1.44. The number of nitrogens with two attached hydrogens (primary N) is 1. The summed E-state index contributed by atoms with van der Waals surface area (Å²) < 4.78 is 4.90. The van der Waals surface area contributed by atoms with E-state index in [0.717, 1.165) is 0 Å². The van der Waals surface area contributed by atoms with E-state index in [0.29, 0.717) is 16.9 Å². The molecule has 0 saturated carbocycles. The molecule has 0 unspecified atom stereocenters. The molecule has 1 aromatic carbocycles. The van der Waals surface area contributed by atoms with Crippen LogP contribution in [-0.4, -0.2) is 22.4 Å². The van der Waals surface area contributed by atoms with Crippen molar-refractivity contribution in [1.82, 2.24) is 10.2 Å². The van der Waals surface area contributed by atoms with Crippen molar-refractivity contribution in [3.63, 3.8) is 0 Å². The molecule has 1 heterocycles. The molecule has 16 heavy (non-hydrogen) atoms. The molecular formula is C11H11N3O2. The number of hydrogen-bond donors (Lipinski definition) is 2. The molecule has 0 radical (unpaired) electrons. The number of ether oxygens (including phenoxy) is 1. The van der Waals surface area contributed by atoms with Gasteiger partial charge in [-0.1, -0.05) is 12.1 Å². The number of benzene rings is 1. The van der Waals surface area contributed by atoms with Gasteiger partial charge in [-0.15, -0.1) is 10.2 Å². The second-order valence-corrected chi connectivity index (χ2v) is 3.21. The van der Waals surface area contributed by atoms with Crippen molar-refractivity contribution in [2.45, 2.75) is 0 Å². The molecule has 2 rings (SSSR count). The molecule has 82 valence electrons. The van der Waals surface area contributed by atoms with Gasteiger partial charge in [0.15, 0.2) is 0 Å². The molecule has 0 saturated heterocycles. The van der Waals surface area contributed by atoms with Crippen LogP contribution in [0.4, 0.5) is 5.69 Å². The largest absolute Gasteiger partial charge is 0.507 e. The molecule has 5 nitrogen and oxygen atoms in total. The van der Waals surface area contributed by atoms with E-state index in [2.05, 4.69) is 10.2 Å². The summed E-state index contributed by atoms with van der Waals surface area (Å²) in [6.45, 7) is 0. The van der Waals surface area contributed by atoms with E-state index in [1.165, 1.54) is 7.11 Å². The van der Waals surface area contributed by atoms with Crippen molar-refractivity contribution < 1.29 is 9.84 Å². The van der Waals surface area contributed by atoms with Gasteiger partial charge in [0.1, 0.15) is 5.75 Å². The van der Waals surface area contributed by atoms with Crippen LogP contribution in [0.1, 0.15) is 0 Å². The van der Waals surface area contributed by atoms with Crippen LogP contribution < -0.4 is 10.5 Å². The van der Waals surface area contributed by atoms with Crippen LogP contribution in [0.15, 0.2) is 30.3 Å². The van der Waals surface area contributed by atoms with E-state index in [1.807, 2.05) is 0 Å². The lowest BCUT2D eigenvalue weighted by molar-refractivity contribution is 0.394. The fourth-order valence-corrected chi connectivity index (χ4v) is 1.38. The smallest absolute Gasteiger partial charge is 0.256 e. The number of anilines is 1. The summed E-state index contributed by atoms with van der Waals surface area (Å²) in [4.78, 5) is 0. The molecular weight excluding hydrogens is 206 g/mol. The third-order valence-corrected chi connectivity index (χ3v) is 2.16. The van der Waals surface area contributed by atoms with E-state index in [-0.39, 0.29) is 11.6 Å². The summed E-state index contributed by atoms with van der Waals surface area (Å²) in [5.74, 6) is 0.417. The Morgan fingerprint density at radius 3 is 2.62 bits per heavy atom. The lowest BCUT2D eigenvalue weighted by atomic mass is 10.1. The van der Waals surface area contributed by atoms with Crippen LogP contribution in [0.3, 0.4) is 0 Å². The fraction of sp³-hybridized carbons (Fsp3) is 0.0909. The number of methoxy groups -OCH3 is 1. The number of phenolic OH excluding ortho intramolecular Hbond substituents is 1. The lowest BCUT2D eigenvalue weighted by Gasteiger charge is -2.06. The zero-order valence-corrected chi connectivity index (χ0v) is 8.71. The zero-order valence-electron chi connectivity index (χ0n) is 8.71. The van der Waals surface area contributed by atoms with Crippen molar-refractivity contribution in [2.24, 2.45) is 0 Å². The van der Waals surface area contributed by atoms with Crippen molar-refractivity contribution in [2.75, 3.05) is 12.8 Å². The highest BCUT2D eigenvalue weighted by atomic mass is 16.5. The van der Waals surface area contributed by atoms with Gasteiger partial charge in [-0.05, 0) is 18.2 Å². The maximum atomic E-state index is 9.64. The molecule has 0 spiro atoms. The van der Waals surface area contributed by atoms with Gasteiger partial charge in [0.05, 0.1) is 18.5 Å². The topological polar surface area (TPSA) is 81.3 Å².